The number of aryl methyl sites for hydroxylation is 1. The van der Waals surface area contributed by atoms with Gasteiger partial charge in [-0.2, -0.15) is 0 Å². The first-order valence-corrected chi connectivity index (χ1v) is 7.98. The average Bonchev–Trinajstić information content (AvgIpc) is 3.00. The summed E-state index contributed by atoms with van der Waals surface area (Å²) in [7, 11) is 1.63. The lowest BCUT2D eigenvalue weighted by atomic mass is 10.1. The molecule has 1 N–H and O–H groups in total. The molecule has 1 amide bonds. The lowest BCUT2D eigenvalue weighted by Gasteiger charge is -2.12. The molecule has 1 heterocycles. The van der Waals surface area contributed by atoms with Crippen LogP contribution in [0.1, 0.15) is 29.9 Å². The SMILES string of the molecule is COc1cc(CC(=O)N[C@H](C)c2cc3ccccc3o2)ccc1C. The summed E-state index contributed by atoms with van der Waals surface area (Å²) in [5, 5.41) is 4.02. The number of nitrogens with one attached hydrogen (secondary N) is 1. The Balaban J connectivity index is 1.67. The predicted octanol–water partition coefficient (Wildman–Crippen LogP) is 4.17. The maximum atomic E-state index is 12.3. The van der Waals surface area contributed by atoms with Crippen LogP contribution in [0.4, 0.5) is 0 Å². The number of rotatable bonds is 5. The van der Waals surface area contributed by atoms with Crippen LogP contribution in [-0.2, 0) is 11.2 Å². The molecule has 4 nitrogen and oxygen atoms in total. The van der Waals surface area contributed by atoms with Crippen LogP contribution in [-0.4, -0.2) is 13.0 Å². The van der Waals surface area contributed by atoms with Crippen LogP contribution >= 0.6 is 0 Å². The molecule has 0 fully saturated rings. The second kappa shape index (κ2) is 6.79. The second-order valence-corrected chi connectivity index (χ2v) is 5.96. The van der Waals surface area contributed by atoms with Crippen molar-refractivity contribution in [3.05, 3.63) is 65.4 Å². The number of benzene rings is 2. The van der Waals surface area contributed by atoms with E-state index in [2.05, 4.69) is 5.32 Å². The van der Waals surface area contributed by atoms with E-state index in [0.29, 0.717) is 6.42 Å². The molecule has 0 unspecified atom stereocenters. The van der Waals surface area contributed by atoms with Gasteiger partial charge in [-0.15, -0.1) is 0 Å². The average molecular weight is 323 g/mol. The van der Waals surface area contributed by atoms with E-state index in [9.17, 15) is 4.79 Å². The van der Waals surface area contributed by atoms with Gasteiger partial charge in [0, 0.05) is 5.39 Å². The molecule has 0 aliphatic rings. The number of fused-ring (bicyclic) bond motifs is 1. The molecule has 2 aromatic carbocycles. The van der Waals surface area contributed by atoms with Gasteiger partial charge in [-0.25, -0.2) is 0 Å². The summed E-state index contributed by atoms with van der Waals surface area (Å²) in [6, 6.07) is 15.4. The standard InChI is InChI=1S/C20H21NO3/c1-13-8-9-15(10-18(13)23-3)11-20(22)21-14(2)19-12-16-6-4-5-7-17(16)24-19/h4-10,12,14H,11H2,1-3H3,(H,21,22)/t14-/m1/s1. The fourth-order valence-corrected chi connectivity index (χ4v) is 2.74. The minimum atomic E-state index is -0.183. The van der Waals surface area contributed by atoms with E-state index in [1.54, 1.807) is 7.11 Å². The zero-order valence-electron chi connectivity index (χ0n) is 14.1. The minimum absolute atomic E-state index is 0.0473. The summed E-state index contributed by atoms with van der Waals surface area (Å²) in [5.41, 5.74) is 2.81. The van der Waals surface area contributed by atoms with Crippen molar-refractivity contribution < 1.29 is 13.9 Å². The quantitative estimate of drug-likeness (QED) is 0.766. The molecule has 124 valence electrons. The van der Waals surface area contributed by atoms with E-state index in [1.165, 1.54) is 0 Å². The number of methoxy groups -OCH3 is 1. The Morgan fingerprint density at radius 2 is 2.00 bits per heavy atom. The van der Waals surface area contributed by atoms with Crippen LogP contribution in [0, 0.1) is 6.92 Å². The van der Waals surface area contributed by atoms with E-state index in [1.807, 2.05) is 62.4 Å². The number of carbonyl (C=O) groups excluding carboxylic acids is 1. The van der Waals surface area contributed by atoms with Crippen molar-refractivity contribution in [1.29, 1.82) is 0 Å². The van der Waals surface area contributed by atoms with Crippen molar-refractivity contribution in [2.75, 3.05) is 7.11 Å². The highest BCUT2D eigenvalue weighted by molar-refractivity contribution is 5.80. The summed E-state index contributed by atoms with van der Waals surface area (Å²) in [4.78, 5) is 12.3. The normalized spacial score (nSPS) is 12.1. The summed E-state index contributed by atoms with van der Waals surface area (Å²) < 4.78 is 11.1. The second-order valence-electron chi connectivity index (χ2n) is 5.96. The molecule has 1 atom stereocenters. The molecule has 0 saturated carbocycles. The van der Waals surface area contributed by atoms with Crippen molar-refractivity contribution >= 4 is 16.9 Å². The first-order valence-electron chi connectivity index (χ1n) is 7.98. The van der Waals surface area contributed by atoms with Gasteiger partial charge in [0.25, 0.3) is 0 Å². The Bertz CT molecular complexity index is 833. The van der Waals surface area contributed by atoms with Gasteiger partial charge in [-0.3, -0.25) is 4.79 Å². The molecule has 0 radical (unpaired) electrons. The number of para-hydroxylation sites is 1. The van der Waals surface area contributed by atoms with Gasteiger partial charge in [-0.05, 0) is 43.2 Å². The van der Waals surface area contributed by atoms with Crippen molar-refractivity contribution in [3.63, 3.8) is 0 Å². The molecular formula is C20H21NO3. The van der Waals surface area contributed by atoms with Crippen LogP contribution in [0.15, 0.2) is 52.9 Å². The number of amides is 1. The van der Waals surface area contributed by atoms with Crippen LogP contribution in [0.5, 0.6) is 5.75 Å². The van der Waals surface area contributed by atoms with Gasteiger partial charge in [0.05, 0.1) is 19.6 Å². The van der Waals surface area contributed by atoms with Gasteiger partial charge >= 0.3 is 0 Å². The third kappa shape index (κ3) is 3.43. The van der Waals surface area contributed by atoms with Gasteiger partial charge in [0.2, 0.25) is 5.91 Å². The Hall–Kier alpha value is -2.75. The van der Waals surface area contributed by atoms with Crippen LogP contribution in [0.3, 0.4) is 0 Å². The number of furan rings is 1. The first-order chi connectivity index (χ1) is 11.6. The number of hydrogen-bond donors (Lipinski definition) is 1. The Labute approximate surface area is 141 Å². The van der Waals surface area contributed by atoms with E-state index >= 15 is 0 Å². The highest BCUT2D eigenvalue weighted by atomic mass is 16.5. The van der Waals surface area contributed by atoms with E-state index in [-0.39, 0.29) is 11.9 Å². The fraction of sp³-hybridized carbons (Fsp3) is 0.250. The third-order valence-electron chi connectivity index (χ3n) is 4.09. The molecule has 24 heavy (non-hydrogen) atoms. The molecule has 0 saturated heterocycles. The van der Waals surface area contributed by atoms with Gasteiger partial charge in [0.15, 0.2) is 0 Å². The molecule has 3 aromatic rings. The molecule has 3 rings (SSSR count). The number of carbonyl (C=O) groups is 1. The lowest BCUT2D eigenvalue weighted by molar-refractivity contribution is -0.121. The molecule has 0 aliphatic heterocycles. The van der Waals surface area contributed by atoms with Gasteiger partial charge in [0.1, 0.15) is 17.1 Å². The highest BCUT2D eigenvalue weighted by Gasteiger charge is 2.14. The zero-order chi connectivity index (χ0) is 17.1. The van der Waals surface area contributed by atoms with Gasteiger partial charge < -0.3 is 14.5 Å². The van der Waals surface area contributed by atoms with E-state index in [4.69, 9.17) is 9.15 Å². The molecule has 0 spiro atoms. The van der Waals surface area contributed by atoms with Crippen LogP contribution in [0.25, 0.3) is 11.0 Å². The van der Waals surface area contributed by atoms with Crippen molar-refractivity contribution in [1.82, 2.24) is 5.32 Å². The number of ether oxygens (including phenoxy) is 1. The minimum Gasteiger partial charge on any atom is -0.496 e. The molecule has 0 aliphatic carbocycles. The van der Waals surface area contributed by atoms with Crippen molar-refractivity contribution in [2.45, 2.75) is 26.3 Å². The predicted molar refractivity (Wildman–Crippen MR) is 94.2 cm³/mol. The van der Waals surface area contributed by atoms with E-state index < -0.39 is 0 Å². The largest absolute Gasteiger partial charge is 0.496 e. The summed E-state index contributed by atoms with van der Waals surface area (Å²) >= 11 is 0. The molecular weight excluding hydrogens is 302 g/mol. The monoisotopic (exact) mass is 323 g/mol. The van der Waals surface area contributed by atoms with Gasteiger partial charge in [-0.1, -0.05) is 30.3 Å². The first kappa shape index (κ1) is 16.1. The molecule has 0 bridgehead atoms. The van der Waals surface area contributed by atoms with Crippen molar-refractivity contribution in [2.24, 2.45) is 0 Å². The molecule has 4 heteroatoms. The zero-order valence-corrected chi connectivity index (χ0v) is 14.1. The van der Waals surface area contributed by atoms with E-state index in [0.717, 1.165) is 33.6 Å². The van der Waals surface area contributed by atoms with Crippen LogP contribution < -0.4 is 10.1 Å². The summed E-state index contributed by atoms with van der Waals surface area (Å²) in [6.45, 7) is 3.90. The Kier molecular flexibility index (Phi) is 4.56. The Morgan fingerprint density at radius 3 is 2.75 bits per heavy atom. The van der Waals surface area contributed by atoms with Crippen molar-refractivity contribution in [3.8, 4) is 5.75 Å². The number of hydrogen-bond acceptors (Lipinski definition) is 3. The smallest absolute Gasteiger partial charge is 0.225 e. The topological polar surface area (TPSA) is 51.5 Å². The maximum absolute atomic E-state index is 12.3. The maximum Gasteiger partial charge on any atom is 0.225 e. The van der Waals surface area contributed by atoms with Crippen LogP contribution in [0.2, 0.25) is 0 Å². The summed E-state index contributed by atoms with van der Waals surface area (Å²) in [5.74, 6) is 1.51. The Morgan fingerprint density at radius 1 is 1.21 bits per heavy atom. The molecule has 1 aromatic heterocycles. The fourth-order valence-electron chi connectivity index (χ4n) is 2.74. The lowest BCUT2D eigenvalue weighted by Crippen LogP contribution is -2.27. The third-order valence-corrected chi connectivity index (χ3v) is 4.09. The highest BCUT2D eigenvalue weighted by Crippen LogP contribution is 2.24. The summed E-state index contributed by atoms with van der Waals surface area (Å²) in [6.07, 6.45) is 0.307.